The number of benzene rings is 1. The van der Waals surface area contributed by atoms with Crippen LogP contribution in [0.25, 0.3) is 0 Å². The minimum Gasteiger partial charge on any atom is -0.497 e. The average molecular weight is 341 g/mol. The Morgan fingerprint density at radius 3 is 2.46 bits per heavy atom. The van der Waals surface area contributed by atoms with Crippen molar-refractivity contribution >= 4 is 5.91 Å². The molecule has 0 spiro atoms. The molecule has 1 aromatic rings. The van der Waals surface area contributed by atoms with Crippen LogP contribution < -0.4 is 10.1 Å². The van der Waals surface area contributed by atoms with Crippen LogP contribution in [0.1, 0.15) is 12.5 Å². The summed E-state index contributed by atoms with van der Waals surface area (Å²) in [5.41, 5.74) is 0.835. The third-order valence-electron chi connectivity index (χ3n) is 3.82. The van der Waals surface area contributed by atoms with E-state index in [1.165, 1.54) is 6.92 Å². The highest BCUT2D eigenvalue weighted by Crippen LogP contribution is 2.23. The number of hydrogen-bond acceptors (Lipinski definition) is 7. The molecule has 1 saturated heterocycles. The van der Waals surface area contributed by atoms with E-state index < -0.39 is 43.2 Å². The fraction of sp³-hybridized carbons (Fsp3) is 0.562. The Kier molecular flexibility index (Phi) is 6.52. The van der Waals surface area contributed by atoms with Gasteiger partial charge in [0.2, 0.25) is 5.91 Å². The van der Waals surface area contributed by atoms with Crippen LogP contribution in [0.5, 0.6) is 5.75 Å². The molecular formula is C16H23NO7. The van der Waals surface area contributed by atoms with Crippen LogP contribution >= 0.6 is 0 Å². The highest BCUT2D eigenvalue weighted by atomic mass is 16.7. The number of nitrogens with one attached hydrogen (secondary N) is 1. The topological polar surface area (TPSA) is 117 Å². The van der Waals surface area contributed by atoms with Gasteiger partial charge in [-0.05, 0) is 17.7 Å². The van der Waals surface area contributed by atoms with Crippen molar-refractivity contribution in [3.63, 3.8) is 0 Å². The second-order valence-corrected chi connectivity index (χ2v) is 5.59. The molecule has 1 amide bonds. The predicted molar refractivity (Wildman–Crippen MR) is 83.1 cm³/mol. The molecule has 1 aliphatic heterocycles. The zero-order valence-corrected chi connectivity index (χ0v) is 13.6. The number of methoxy groups -OCH3 is 1. The molecule has 5 atom stereocenters. The fourth-order valence-corrected chi connectivity index (χ4v) is 2.51. The number of aliphatic hydroxyl groups is 3. The molecular weight excluding hydrogens is 318 g/mol. The molecule has 0 aromatic heterocycles. The molecule has 0 bridgehead atoms. The van der Waals surface area contributed by atoms with Gasteiger partial charge in [0.1, 0.15) is 30.1 Å². The van der Waals surface area contributed by atoms with Crippen LogP contribution in [-0.2, 0) is 20.9 Å². The lowest BCUT2D eigenvalue weighted by atomic mass is 9.97. The number of amides is 1. The molecule has 0 radical (unpaired) electrons. The summed E-state index contributed by atoms with van der Waals surface area (Å²) in [6.45, 7) is 0.969. The molecule has 2 rings (SSSR count). The van der Waals surface area contributed by atoms with Crippen molar-refractivity contribution in [3.8, 4) is 5.75 Å². The van der Waals surface area contributed by atoms with E-state index in [4.69, 9.17) is 14.2 Å². The van der Waals surface area contributed by atoms with Crippen molar-refractivity contribution in [1.82, 2.24) is 5.32 Å². The first-order chi connectivity index (χ1) is 11.5. The van der Waals surface area contributed by atoms with Crippen LogP contribution in [0.3, 0.4) is 0 Å². The Morgan fingerprint density at radius 1 is 1.25 bits per heavy atom. The number of aliphatic hydroxyl groups excluding tert-OH is 3. The van der Waals surface area contributed by atoms with E-state index in [9.17, 15) is 20.1 Å². The van der Waals surface area contributed by atoms with Gasteiger partial charge in [-0.25, -0.2) is 0 Å². The lowest BCUT2D eigenvalue weighted by molar-refractivity contribution is -0.273. The SMILES string of the molecule is COc1ccc(CO[C@@H]2O[C@H](CO)[C@H](O)[C@@H](O)[C@@H]2NC(C)=O)cc1. The summed E-state index contributed by atoms with van der Waals surface area (Å²) < 4.78 is 16.2. The minimum atomic E-state index is -1.33. The lowest BCUT2D eigenvalue weighted by Crippen LogP contribution is -2.64. The van der Waals surface area contributed by atoms with Gasteiger partial charge in [0.15, 0.2) is 6.29 Å². The van der Waals surface area contributed by atoms with Crippen molar-refractivity contribution in [3.05, 3.63) is 29.8 Å². The minimum absolute atomic E-state index is 0.158. The van der Waals surface area contributed by atoms with Crippen molar-refractivity contribution in [2.24, 2.45) is 0 Å². The number of rotatable bonds is 6. The molecule has 134 valence electrons. The van der Waals surface area contributed by atoms with Gasteiger partial charge in [-0.3, -0.25) is 4.79 Å². The summed E-state index contributed by atoms with van der Waals surface area (Å²) in [5, 5.41) is 31.9. The number of hydrogen-bond donors (Lipinski definition) is 4. The Hall–Kier alpha value is -1.71. The largest absolute Gasteiger partial charge is 0.497 e. The average Bonchev–Trinajstić information content (AvgIpc) is 2.58. The first-order valence-electron chi connectivity index (χ1n) is 7.60. The summed E-state index contributed by atoms with van der Waals surface area (Å²) in [7, 11) is 1.57. The first-order valence-corrected chi connectivity index (χ1v) is 7.60. The summed E-state index contributed by atoms with van der Waals surface area (Å²) in [4.78, 5) is 11.3. The molecule has 0 saturated carbocycles. The number of carbonyl (C=O) groups excluding carboxylic acids is 1. The first kappa shape index (κ1) is 18.6. The maximum absolute atomic E-state index is 11.3. The highest BCUT2D eigenvalue weighted by molar-refractivity contribution is 5.73. The molecule has 1 aromatic carbocycles. The van der Waals surface area contributed by atoms with Crippen molar-refractivity contribution in [2.45, 2.75) is 44.2 Å². The molecule has 1 fully saturated rings. The van der Waals surface area contributed by atoms with Crippen LogP contribution in [0.2, 0.25) is 0 Å². The Morgan fingerprint density at radius 2 is 1.92 bits per heavy atom. The monoisotopic (exact) mass is 341 g/mol. The zero-order chi connectivity index (χ0) is 17.7. The Labute approximate surface area is 140 Å². The molecule has 0 unspecified atom stereocenters. The van der Waals surface area contributed by atoms with Gasteiger partial charge >= 0.3 is 0 Å². The van der Waals surface area contributed by atoms with Crippen LogP contribution in [-0.4, -0.2) is 65.6 Å². The summed E-state index contributed by atoms with van der Waals surface area (Å²) in [5.74, 6) is 0.318. The van der Waals surface area contributed by atoms with Crippen molar-refractivity contribution in [2.75, 3.05) is 13.7 Å². The third kappa shape index (κ3) is 4.43. The van der Waals surface area contributed by atoms with Crippen LogP contribution in [0, 0.1) is 0 Å². The number of ether oxygens (including phenoxy) is 3. The molecule has 8 heteroatoms. The normalized spacial score (nSPS) is 30.0. The molecule has 1 aliphatic rings. The predicted octanol–water partition coefficient (Wildman–Crippen LogP) is -0.844. The van der Waals surface area contributed by atoms with Crippen molar-refractivity contribution in [1.29, 1.82) is 0 Å². The maximum atomic E-state index is 11.3. The third-order valence-corrected chi connectivity index (χ3v) is 3.82. The summed E-state index contributed by atoms with van der Waals surface area (Å²) in [6, 6.07) is 6.23. The van der Waals surface area contributed by atoms with Gasteiger partial charge in [0, 0.05) is 6.92 Å². The molecule has 1 heterocycles. The van der Waals surface area contributed by atoms with Crippen LogP contribution in [0.4, 0.5) is 0 Å². The maximum Gasteiger partial charge on any atom is 0.217 e. The Balaban J connectivity index is 2.06. The second kappa shape index (κ2) is 8.41. The van der Waals surface area contributed by atoms with Gasteiger partial charge < -0.3 is 34.8 Å². The van der Waals surface area contributed by atoms with Gasteiger partial charge in [-0.1, -0.05) is 12.1 Å². The van der Waals surface area contributed by atoms with E-state index in [0.29, 0.717) is 5.75 Å². The fourth-order valence-electron chi connectivity index (χ4n) is 2.51. The van der Waals surface area contributed by atoms with E-state index in [1.54, 1.807) is 19.2 Å². The van der Waals surface area contributed by atoms with Crippen molar-refractivity contribution < 1.29 is 34.3 Å². The van der Waals surface area contributed by atoms with E-state index in [2.05, 4.69) is 5.32 Å². The van der Waals surface area contributed by atoms with E-state index >= 15 is 0 Å². The molecule has 24 heavy (non-hydrogen) atoms. The summed E-state index contributed by atoms with van der Waals surface area (Å²) in [6.07, 6.45) is -4.65. The van der Waals surface area contributed by atoms with Crippen LogP contribution in [0.15, 0.2) is 24.3 Å². The lowest BCUT2D eigenvalue weighted by Gasteiger charge is -2.42. The summed E-state index contributed by atoms with van der Waals surface area (Å²) >= 11 is 0. The smallest absolute Gasteiger partial charge is 0.217 e. The second-order valence-electron chi connectivity index (χ2n) is 5.59. The molecule has 4 N–H and O–H groups in total. The quantitative estimate of drug-likeness (QED) is 0.533. The van der Waals surface area contributed by atoms with E-state index in [1.807, 2.05) is 12.1 Å². The zero-order valence-electron chi connectivity index (χ0n) is 13.6. The highest BCUT2D eigenvalue weighted by Gasteiger charge is 2.45. The standard InChI is InChI=1S/C16H23NO7/c1-9(19)17-13-15(21)14(20)12(7-18)24-16(13)23-8-10-3-5-11(22-2)6-4-10/h3-6,12-16,18,20-21H,7-8H2,1-2H3,(H,17,19)/t12-,13+,14+,15+,16-/m1/s1. The Bertz CT molecular complexity index is 536. The molecule has 0 aliphatic carbocycles. The van der Waals surface area contributed by atoms with Gasteiger partial charge in [0.05, 0.1) is 20.3 Å². The van der Waals surface area contributed by atoms with Gasteiger partial charge in [-0.2, -0.15) is 0 Å². The van der Waals surface area contributed by atoms with Gasteiger partial charge in [0.25, 0.3) is 0 Å². The van der Waals surface area contributed by atoms with E-state index in [0.717, 1.165) is 5.56 Å². The van der Waals surface area contributed by atoms with Gasteiger partial charge in [-0.15, -0.1) is 0 Å². The van der Waals surface area contributed by atoms with E-state index in [-0.39, 0.29) is 6.61 Å². The molecule has 8 nitrogen and oxygen atoms in total. The number of carbonyl (C=O) groups is 1.